The van der Waals surface area contributed by atoms with Gasteiger partial charge in [-0.3, -0.25) is 14.9 Å². The molecule has 0 bridgehead atoms. The van der Waals surface area contributed by atoms with E-state index < -0.39 is 4.92 Å². The highest BCUT2D eigenvalue weighted by Crippen LogP contribution is 2.32. The molecule has 1 aliphatic rings. The van der Waals surface area contributed by atoms with Crippen LogP contribution in [-0.4, -0.2) is 35.9 Å². The number of carbonyl (C=O) groups is 1. The van der Waals surface area contributed by atoms with Crippen LogP contribution in [0.15, 0.2) is 34.9 Å². The molecule has 0 radical (unpaired) electrons. The quantitative estimate of drug-likeness (QED) is 0.614. The highest BCUT2D eigenvalue weighted by molar-refractivity contribution is 5.95. The number of rotatable bonds is 5. The number of benzene rings is 1. The molecule has 1 amide bonds. The molecule has 2 heterocycles. The lowest BCUT2D eigenvalue weighted by Gasteiger charge is -2.20. The normalized spacial score (nSPS) is 13.9. The molecule has 1 aromatic carbocycles. The maximum absolute atomic E-state index is 12.6. The minimum atomic E-state index is -0.412. The van der Waals surface area contributed by atoms with Crippen molar-refractivity contribution in [3.8, 4) is 0 Å². The molecule has 0 aliphatic carbocycles. The van der Waals surface area contributed by atoms with Crippen LogP contribution in [0, 0.1) is 17.0 Å². The molecule has 7 heteroatoms. The Balaban J connectivity index is 1.83. The number of nitrogens with zero attached hydrogens (tertiary/aromatic N) is 3. The molecule has 25 heavy (non-hydrogen) atoms. The monoisotopic (exact) mass is 343 g/mol. The fraction of sp³-hybridized carbons (Fsp3) is 0.389. The van der Waals surface area contributed by atoms with Crippen molar-refractivity contribution < 1.29 is 14.1 Å². The molecule has 0 saturated carbocycles. The Hall–Kier alpha value is -2.83. The Bertz CT molecular complexity index is 793. The first kappa shape index (κ1) is 17.0. The van der Waals surface area contributed by atoms with Crippen molar-refractivity contribution in [3.63, 3.8) is 0 Å². The second-order valence-electron chi connectivity index (χ2n) is 6.32. The smallest absolute Gasteiger partial charge is 0.293 e. The third-order valence-corrected chi connectivity index (χ3v) is 4.59. The van der Waals surface area contributed by atoms with Crippen LogP contribution in [0.3, 0.4) is 0 Å². The number of nitro groups is 1. The summed E-state index contributed by atoms with van der Waals surface area (Å²) in [5.74, 6) is 0.506. The molecule has 7 nitrogen and oxygen atoms in total. The number of hydrogen-bond acceptors (Lipinski definition) is 5. The van der Waals surface area contributed by atoms with E-state index in [1.54, 1.807) is 25.4 Å². The Labute approximate surface area is 146 Å². The van der Waals surface area contributed by atoms with Crippen molar-refractivity contribution in [2.24, 2.45) is 0 Å². The first-order valence-corrected chi connectivity index (χ1v) is 8.29. The summed E-state index contributed by atoms with van der Waals surface area (Å²) < 4.78 is 5.24. The zero-order valence-corrected chi connectivity index (χ0v) is 14.4. The average molecular weight is 343 g/mol. The Morgan fingerprint density at radius 2 is 2.04 bits per heavy atom. The van der Waals surface area contributed by atoms with Crippen molar-refractivity contribution in [2.45, 2.75) is 26.3 Å². The van der Waals surface area contributed by atoms with Gasteiger partial charge in [-0.2, -0.15) is 0 Å². The van der Waals surface area contributed by atoms with E-state index in [4.69, 9.17) is 4.42 Å². The molecule has 1 aromatic heterocycles. The summed E-state index contributed by atoms with van der Waals surface area (Å²) in [7, 11) is 1.68. The van der Waals surface area contributed by atoms with Gasteiger partial charge in [0.1, 0.15) is 11.4 Å². The number of hydrogen-bond donors (Lipinski definition) is 0. The first-order chi connectivity index (χ1) is 12.0. The van der Waals surface area contributed by atoms with Gasteiger partial charge in [-0.25, -0.2) is 0 Å². The molecule has 0 spiro atoms. The van der Waals surface area contributed by atoms with Gasteiger partial charge in [0.25, 0.3) is 11.6 Å². The third-order valence-electron chi connectivity index (χ3n) is 4.59. The van der Waals surface area contributed by atoms with E-state index in [2.05, 4.69) is 0 Å². The molecule has 0 atom stereocenters. The summed E-state index contributed by atoms with van der Waals surface area (Å²) in [6.45, 7) is 3.85. The molecule has 1 aliphatic heterocycles. The van der Waals surface area contributed by atoms with E-state index in [1.165, 1.54) is 11.0 Å². The average Bonchev–Trinajstić information content (AvgIpc) is 3.26. The lowest BCUT2D eigenvalue weighted by Crippen LogP contribution is -2.26. The van der Waals surface area contributed by atoms with Crippen LogP contribution in [0.25, 0.3) is 0 Å². The topological polar surface area (TPSA) is 79.8 Å². The fourth-order valence-electron chi connectivity index (χ4n) is 3.15. The van der Waals surface area contributed by atoms with E-state index in [0.29, 0.717) is 17.8 Å². The number of furan rings is 1. The van der Waals surface area contributed by atoms with Crippen molar-refractivity contribution >= 4 is 17.3 Å². The SMILES string of the molecule is Cc1occc1CN(C)C(=O)c1ccc(N2CCCC2)c([N+](=O)[O-])c1. The maximum atomic E-state index is 12.6. The zero-order valence-electron chi connectivity index (χ0n) is 14.4. The Morgan fingerprint density at radius 3 is 2.64 bits per heavy atom. The van der Waals surface area contributed by atoms with Gasteiger partial charge in [0.2, 0.25) is 0 Å². The van der Waals surface area contributed by atoms with E-state index in [-0.39, 0.29) is 11.6 Å². The lowest BCUT2D eigenvalue weighted by molar-refractivity contribution is -0.384. The predicted molar refractivity (Wildman–Crippen MR) is 93.8 cm³/mol. The molecule has 0 unspecified atom stereocenters. The Kier molecular flexibility index (Phi) is 4.74. The van der Waals surface area contributed by atoms with Crippen molar-refractivity contribution in [1.29, 1.82) is 0 Å². The van der Waals surface area contributed by atoms with Crippen LogP contribution in [0.2, 0.25) is 0 Å². The standard InChI is InChI=1S/C18H21N3O4/c1-13-15(7-10-25-13)12-19(2)18(22)14-5-6-16(17(11-14)21(23)24)20-8-3-4-9-20/h5-7,10-11H,3-4,8-9,12H2,1-2H3. The third kappa shape index (κ3) is 3.50. The van der Waals surface area contributed by atoms with Gasteiger partial charge in [0, 0.05) is 43.9 Å². The highest BCUT2D eigenvalue weighted by atomic mass is 16.6. The predicted octanol–water partition coefficient (Wildman–Crippen LogP) is 3.37. The van der Waals surface area contributed by atoms with Crippen LogP contribution in [0.1, 0.15) is 34.5 Å². The fourth-order valence-corrected chi connectivity index (χ4v) is 3.15. The largest absolute Gasteiger partial charge is 0.469 e. The molecular formula is C18H21N3O4. The molecule has 132 valence electrons. The molecule has 0 N–H and O–H groups in total. The summed E-state index contributed by atoms with van der Waals surface area (Å²) in [5, 5.41) is 11.5. The van der Waals surface area contributed by atoms with Crippen LogP contribution in [0.5, 0.6) is 0 Å². The van der Waals surface area contributed by atoms with Gasteiger partial charge >= 0.3 is 0 Å². The number of carbonyl (C=O) groups excluding carboxylic acids is 1. The molecule has 2 aromatic rings. The van der Waals surface area contributed by atoms with Crippen molar-refractivity contribution in [2.75, 3.05) is 25.0 Å². The van der Waals surface area contributed by atoms with Crippen LogP contribution in [0.4, 0.5) is 11.4 Å². The summed E-state index contributed by atoms with van der Waals surface area (Å²) >= 11 is 0. The number of aryl methyl sites for hydroxylation is 1. The van der Waals surface area contributed by atoms with Crippen LogP contribution >= 0.6 is 0 Å². The van der Waals surface area contributed by atoms with Crippen LogP contribution < -0.4 is 4.90 Å². The minimum Gasteiger partial charge on any atom is -0.469 e. The summed E-state index contributed by atoms with van der Waals surface area (Å²) in [6, 6.07) is 6.56. The summed E-state index contributed by atoms with van der Waals surface area (Å²) in [6.07, 6.45) is 3.65. The second kappa shape index (κ2) is 6.96. The van der Waals surface area contributed by atoms with Gasteiger partial charge in [0.05, 0.1) is 11.2 Å². The van der Waals surface area contributed by atoms with Crippen molar-refractivity contribution in [3.05, 3.63) is 57.5 Å². The molecular weight excluding hydrogens is 322 g/mol. The van der Waals surface area contributed by atoms with E-state index >= 15 is 0 Å². The van der Waals surface area contributed by atoms with E-state index in [9.17, 15) is 14.9 Å². The van der Waals surface area contributed by atoms with Gasteiger partial charge in [-0.15, -0.1) is 0 Å². The minimum absolute atomic E-state index is 0.0133. The van der Waals surface area contributed by atoms with Crippen molar-refractivity contribution in [1.82, 2.24) is 4.90 Å². The van der Waals surface area contributed by atoms with Gasteiger partial charge in [-0.1, -0.05) is 0 Å². The maximum Gasteiger partial charge on any atom is 0.293 e. The Morgan fingerprint density at radius 1 is 1.32 bits per heavy atom. The first-order valence-electron chi connectivity index (χ1n) is 8.29. The van der Waals surface area contributed by atoms with Crippen LogP contribution in [-0.2, 0) is 6.54 Å². The number of nitro benzene ring substituents is 1. The van der Waals surface area contributed by atoms with E-state index in [1.807, 2.05) is 17.9 Å². The van der Waals surface area contributed by atoms with Gasteiger partial charge in [-0.05, 0) is 38.0 Å². The second-order valence-corrected chi connectivity index (χ2v) is 6.32. The molecule has 3 rings (SSSR count). The summed E-state index contributed by atoms with van der Waals surface area (Å²) in [4.78, 5) is 27.2. The van der Waals surface area contributed by atoms with Gasteiger partial charge in [0.15, 0.2) is 0 Å². The highest BCUT2D eigenvalue weighted by Gasteiger charge is 2.24. The van der Waals surface area contributed by atoms with Gasteiger partial charge < -0.3 is 14.2 Å². The zero-order chi connectivity index (χ0) is 18.0. The summed E-state index contributed by atoms with van der Waals surface area (Å²) in [5.41, 5.74) is 1.81. The van der Waals surface area contributed by atoms with E-state index in [0.717, 1.165) is 37.3 Å². The number of anilines is 1. The molecule has 1 saturated heterocycles. The number of amides is 1. The molecule has 1 fully saturated rings. The lowest BCUT2D eigenvalue weighted by atomic mass is 10.1.